The van der Waals surface area contributed by atoms with Gasteiger partial charge in [0.1, 0.15) is 22.9 Å². The molecule has 2 heterocycles. The SMILES string of the molecule is CCC(=O)n1nc(NNc2c(O)cc3c(c2O)CCCC3)cc1-c1ccco1. The maximum Gasteiger partial charge on any atom is 0.247 e. The third kappa shape index (κ3) is 3.17. The average Bonchev–Trinajstić information content (AvgIpc) is 3.37. The number of hydrogen-bond acceptors (Lipinski definition) is 7. The monoisotopic (exact) mass is 382 g/mol. The van der Waals surface area contributed by atoms with E-state index in [0.29, 0.717) is 17.3 Å². The van der Waals surface area contributed by atoms with Gasteiger partial charge in [0.05, 0.1) is 6.26 Å². The quantitative estimate of drug-likeness (QED) is 0.391. The number of aromatic nitrogens is 2. The van der Waals surface area contributed by atoms with Gasteiger partial charge in [-0.05, 0) is 55.0 Å². The highest BCUT2D eigenvalue weighted by Gasteiger charge is 2.21. The molecule has 0 unspecified atom stereocenters. The third-order valence-electron chi connectivity index (χ3n) is 4.94. The van der Waals surface area contributed by atoms with Gasteiger partial charge in [0.2, 0.25) is 5.91 Å². The molecule has 1 aliphatic rings. The summed E-state index contributed by atoms with van der Waals surface area (Å²) in [5.41, 5.74) is 8.22. The fraction of sp³-hybridized carbons (Fsp3) is 0.300. The van der Waals surface area contributed by atoms with Crippen molar-refractivity contribution < 1.29 is 19.4 Å². The Balaban J connectivity index is 1.62. The molecular formula is C20H22N4O4. The predicted molar refractivity (Wildman–Crippen MR) is 105 cm³/mol. The number of carbonyl (C=O) groups excluding carboxylic acids is 1. The van der Waals surface area contributed by atoms with Gasteiger partial charge >= 0.3 is 0 Å². The van der Waals surface area contributed by atoms with Crippen LogP contribution < -0.4 is 10.9 Å². The number of benzene rings is 1. The van der Waals surface area contributed by atoms with Crippen molar-refractivity contribution in [1.29, 1.82) is 0 Å². The first-order valence-corrected chi connectivity index (χ1v) is 9.34. The lowest BCUT2D eigenvalue weighted by Gasteiger charge is -2.20. The van der Waals surface area contributed by atoms with Crippen molar-refractivity contribution in [2.75, 3.05) is 10.9 Å². The number of nitrogens with zero attached hydrogens (tertiary/aromatic N) is 2. The maximum atomic E-state index is 12.2. The number of fused-ring (bicyclic) bond motifs is 1. The molecule has 0 fully saturated rings. The van der Waals surface area contributed by atoms with Crippen molar-refractivity contribution in [3.05, 3.63) is 41.7 Å². The molecule has 0 radical (unpaired) electrons. The zero-order valence-electron chi connectivity index (χ0n) is 15.5. The van der Waals surface area contributed by atoms with E-state index in [2.05, 4.69) is 16.0 Å². The first-order valence-electron chi connectivity index (χ1n) is 9.34. The van der Waals surface area contributed by atoms with E-state index >= 15 is 0 Å². The standard InChI is InChI=1S/C20H22N4O4/c1-2-18(26)24-14(16-8-5-9-28-16)11-17(23-24)21-22-19-15(25)10-12-6-3-4-7-13(12)20(19)27/h5,8-11,22,25,27H,2-4,6-7H2,1H3,(H,21,23). The summed E-state index contributed by atoms with van der Waals surface area (Å²) in [5.74, 6) is 0.684. The van der Waals surface area contributed by atoms with Crippen LogP contribution in [0.2, 0.25) is 0 Å². The van der Waals surface area contributed by atoms with Crippen LogP contribution >= 0.6 is 0 Å². The number of hydrazine groups is 1. The Morgan fingerprint density at radius 3 is 2.82 bits per heavy atom. The molecule has 28 heavy (non-hydrogen) atoms. The molecule has 1 aromatic carbocycles. The van der Waals surface area contributed by atoms with Crippen LogP contribution in [-0.2, 0) is 12.8 Å². The molecule has 0 amide bonds. The maximum absolute atomic E-state index is 12.2. The van der Waals surface area contributed by atoms with Crippen LogP contribution in [-0.4, -0.2) is 25.9 Å². The van der Waals surface area contributed by atoms with Crippen molar-refractivity contribution in [1.82, 2.24) is 9.78 Å². The highest BCUT2D eigenvalue weighted by Crippen LogP contribution is 2.41. The molecule has 8 nitrogen and oxygen atoms in total. The number of furan rings is 1. The number of nitrogens with one attached hydrogen (secondary N) is 2. The lowest BCUT2D eigenvalue weighted by molar-refractivity contribution is 0.0895. The summed E-state index contributed by atoms with van der Waals surface area (Å²) in [6.07, 6.45) is 5.49. The molecule has 0 aliphatic heterocycles. The van der Waals surface area contributed by atoms with E-state index in [-0.39, 0.29) is 29.5 Å². The fourth-order valence-electron chi connectivity index (χ4n) is 3.50. The molecule has 0 saturated carbocycles. The van der Waals surface area contributed by atoms with Gasteiger partial charge in [0.25, 0.3) is 0 Å². The van der Waals surface area contributed by atoms with Crippen LogP contribution in [0.5, 0.6) is 11.5 Å². The Bertz CT molecular complexity index is 1010. The Labute approximate surface area is 161 Å². The molecule has 4 N–H and O–H groups in total. The number of aromatic hydroxyl groups is 2. The highest BCUT2D eigenvalue weighted by molar-refractivity contribution is 5.83. The second kappa shape index (κ2) is 7.30. The number of hydrogen-bond donors (Lipinski definition) is 4. The summed E-state index contributed by atoms with van der Waals surface area (Å²) in [5, 5.41) is 25.1. The minimum absolute atomic E-state index is 0.0394. The molecule has 0 spiro atoms. The molecule has 0 saturated heterocycles. The van der Waals surface area contributed by atoms with Crippen LogP contribution in [0.3, 0.4) is 0 Å². The van der Waals surface area contributed by atoms with E-state index in [9.17, 15) is 15.0 Å². The summed E-state index contributed by atoms with van der Waals surface area (Å²) < 4.78 is 6.66. The number of aryl methyl sites for hydroxylation is 1. The summed E-state index contributed by atoms with van der Waals surface area (Å²) >= 11 is 0. The van der Waals surface area contributed by atoms with Gasteiger partial charge in [-0.2, -0.15) is 4.68 Å². The lowest BCUT2D eigenvalue weighted by atomic mass is 9.90. The summed E-state index contributed by atoms with van der Waals surface area (Å²) in [6, 6.07) is 6.82. The average molecular weight is 382 g/mol. The number of anilines is 2. The molecule has 2 aromatic heterocycles. The van der Waals surface area contributed by atoms with E-state index in [1.807, 2.05) is 0 Å². The summed E-state index contributed by atoms with van der Waals surface area (Å²) in [7, 11) is 0. The molecule has 146 valence electrons. The zero-order valence-corrected chi connectivity index (χ0v) is 15.5. The summed E-state index contributed by atoms with van der Waals surface area (Å²) in [4.78, 5) is 12.2. The molecular weight excluding hydrogens is 360 g/mol. The van der Waals surface area contributed by atoms with Crippen LogP contribution in [0.1, 0.15) is 42.1 Å². The molecule has 3 aromatic rings. The second-order valence-corrected chi connectivity index (χ2v) is 6.77. The van der Waals surface area contributed by atoms with Gasteiger partial charge < -0.3 is 14.6 Å². The minimum Gasteiger partial charge on any atom is -0.506 e. The molecule has 8 heteroatoms. The van der Waals surface area contributed by atoms with E-state index in [4.69, 9.17) is 4.42 Å². The van der Waals surface area contributed by atoms with Crippen molar-refractivity contribution in [3.63, 3.8) is 0 Å². The Morgan fingerprint density at radius 1 is 1.25 bits per heavy atom. The van der Waals surface area contributed by atoms with Gasteiger partial charge in [-0.15, -0.1) is 5.10 Å². The third-order valence-corrected chi connectivity index (χ3v) is 4.94. The Hall–Kier alpha value is -3.42. The fourth-order valence-corrected chi connectivity index (χ4v) is 3.50. The molecule has 0 bridgehead atoms. The van der Waals surface area contributed by atoms with E-state index < -0.39 is 0 Å². The minimum atomic E-state index is -0.182. The van der Waals surface area contributed by atoms with Crippen LogP contribution in [0.15, 0.2) is 34.9 Å². The van der Waals surface area contributed by atoms with Crippen molar-refractivity contribution in [3.8, 4) is 23.0 Å². The predicted octanol–water partition coefficient (Wildman–Crippen LogP) is 3.92. The van der Waals surface area contributed by atoms with E-state index in [1.165, 1.54) is 10.9 Å². The Morgan fingerprint density at radius 2 is 2.07 bits per heavy atom. The Kier molecular flexibility index (Phi) is 4.68. The first kappa shape index (κ1) is 18.0. The number of phenolic OH excluding ortho intramolecular Hbond substituents is 2. The normalized spacial score (nSPS) is 13.2. The lowest BCUT2D eigenvalue weighted by Crippen LogP contribution is -2.14. The van der Waals surface area contributed by atoms with Crippen LogP contribution in [0, 0.1) is 0 Å². The van der Waals surface area contributed by atoms with E-state index in [0.717, 1.165) is 36.8 Å². The van der Waals surface area contributed by atoms with E-state index in [1.54, 1.807) is 31.2 Å². The number of phenols is 2. The zero-order chi connectivity index (χ0) is 19.7. The van der Waals surface area contributed by atoms with Crippen molar-refractivity contribution in [2.45, 2.75) is 39.0 Å². The topological polar surface area (TPSA) is 113 Å². The van der Waals surface area contributed by atoms with Crippen LogP contribution in [0.4, 0.5) is 11.5 Å². The van der Waals surface area contributed by atoms with Gasteiger partial charge in [-0.25, -0.2) is 0 Å². The van der Waals surface area contributed by atoms with Gasteiger partial charge in [-0.1, -0.05) is 6.92 Å². The van der Waals surface area contributed by atoms with Gasteiger partial charge in [-0.3, -0.25) is 15.6 Å². The first-order chi connectivity index (χ1) is 13.6. The molecule has 1 aliphatic carbocycles. The molecule has 4 rings (SSSR count). The number of carbonyl (C=O) groups is 1. The number of rotatable bonds is 5. The largest absolute Gasteiger partial charge is 0.506 e. The smallest absolute Gasteiger partial charge is 0.247 e. The highest BCUT2D eigenvalue weighted by atomic mass is 16.3. The van der Waals surface area contributed by atoms with Crippen LogP contribution in [0.25, 0.3) is 11.5 Å². The molecule has 0 atom stereocenters. The van der Waals surface area contributed by atoms with Crippen molar-refractivity contribution in [2.24, 2.45) is 0 Å². The van der Waals surface area contributed by atoms with Gasteiger partial charge in [0.15, 0.2) is 11.6 Å². The summed E-state index contributed by atoms with van der Waals surface area (Å²) in [6.45, 7) is 1.75. The second-order valence-electron chi connectivity index (χ2n) is 6.77. The van der Waals surface area contributed by atoms with Crippen molar-refractivity contribution >= 4 is 17.4 Å². The van der Waals surface area contributed by atoms with Gasteiger partial charge in [0, 0.05) is 12.5 Å².